The number of hydrogen-bond donors (Lipinski definition) is 3. The van der Waals surface area contributed by atoms with Crippen molar-refractivity contribution < 1.29 is 9.59 Å². The fourth-order valence-electron chi connectivity index (χ4n) is 3.25. The number of likely N-dealkylation sites (N-methyl/N-ethyl adjacent to an activating group) is 2. The minimum absolute atomic E-state index is 0.0286. The lowest BCUT2D eigenvalue weighted by Crippen LogP contribution is -2.47. The molecule has 0 aliphatic rings. The second kappa shape index (κ2) is 12.2. The van der Waals surface area contributed by atoms with E-state index in [0.717, 1.165) is 11.3 Å². The van der Waals surface area contributed by atoms with Crippen LogP contribution in [0, 0.1) is 0 Å². The van der Waals surface area contributed by atoms with Gasteiger partial charge in [0.1, 0.15) is 5.82 Å². The van der Waals surface area contributed by atoms with Crippen molar-refractivity contribution in [1.82, 2.24) is 19.8 Å². The van der Waals surface area contributed by atoms with Gasteiger partial charge in [-0.3, -0.25) is 28.8 Å². The number of rotatable bonds is 12. The van der Waals surface area contributed by atoms with Crippen molar-refractivity contribution >= 4 is 34.7 Å². The van der Waals surface area contributed by atoms with Crippen LogP contribution in [-0.2, 0) is 22.7 Å². The summed E-state index contributed by atoms with van der Waals surface area (Å²) in [5.74, 6) is -0.598. The van der Waals surface area contributed by atoms with Gasteiger partial charge in [-0.05, 0) is 31.3 Å². The maximum absolute atomic E-state index is 13.0. The van der Waals surface area contributed by atoms with Gasteiger partial charge in [0.2, 0.25) is 11.8 Å². The molecule has 32 heavy (non-hydrogen) atoms. The molecule has 0 fully saturated rings. The van der Waals surface area contributed by atoms with E-state index in [-0.39, 0.29) is 43.0 Å². The van der Waals surface area contributed by atoms with Crippen molar-refractivity contribution in [3.8, 4) is 0 Å². The number of H-pyrrole nitrogens is 1. The van der Waals surface area contributed by atoms with Crippen molar-refractivity contribution in [2.24, 2.45) is 0 Å². The van der Waals surface area contributed by atoms with Crippen molar-refractivity contribution in [3.05, 3.63) is 43.2 Å². The molecule has 0 bridgehead atoms. The van der Waals surface area contributed by atoms with Gasteiger partial charge in [0.15, 0.2) is 5.69 Å². The van der Waals surface area contributed by atoms with Crippen molar-refractivity contribution in [2.75, 3.05) is 36.8 Å². The summed E-state index contributed by atoms with van der Waals surface area (Å²) < 4.78 is 1.28. The molecule has 0 unspecified atom stereocenters. The first-order valence-electron chi connectivity index (χ1n) is 10.8. The van der Waals surface area contributed by atoms with Gasteiger partial charge in [0.05, 0.1) is 19.6 Å². The highest BCUT2D eigenvalue weighted by Gasteiger charge is 2.24. The van der Waals surface area contributed by atoms with Crippen molar-refractivity contribution in [2.45, 2.75) is 46.7 Å². The molecule has 0 saturated heterocycles. The van der Waals surface area contributed by atoms with Crippen LogP contribution in [-0.4, -0.2) is 52.4 Å². The number of nitrogens with zero attached hydrogens (tertiary/aromatic N) is 3. The number of anilines is 2. The summed E-state index contributed by atoms with van der Waals surface area (Å²) in [4.78, 5) is 56.3. The van der Waals surface area contributed by atoms with E-state index in [1.54, 1.807) is 23.2 Å². The highest BCUT2D eigenvalue weighted by molar-refractivity contribution is 7.09. The summed E-state index contributed by atoms with van der Waals surface area (Å²) in [5.41, 5.74) is 4.81. The fraction of sp³-hybridized carbons (Fsp3) is 0.524. The summed E-state index contributed by atoms with van der Waals surface area (Å²) in [7, 11) is 0. The Morgan fingerprint density at radius 3 is 2.53 bits per heavy atom. The molecule has 4 N–H and O–H groups in total. The van der Waals surface area contributed by atoms with Crippen LogP contribution in [0.2, 0.25) is 0 Å². The molecule has 2 amide bonds. The molecule has 2 heterocycles. The zero-order chi connectivity index (χ0) is 23.7. The number of nitrogens with two attached hydrogens (primary N) is 1. The Morgan fingerprint density at radius 2 is 1.94 bits per heavy atom. The van der Waals surface area contributed by atoms with Crippen LogP contribution in [0.25, 0.3) is 0 Å². The Morgan fingerprint density at radius 1 is 1.19 bits per heavy atom. The first-order chi connectivity index (χ1) is 15.3. The number of aromatic amines is 1. The zero-order valence-electron chi connectivity index (χ0n) is 18.8. The van der Waals surface area contributed by atoms with Gasteiger partial charge in [-0.1, -0.05) is 26.3 Å². The SMILES string of the molecule is CCCCn1c(N)c(N(CC)C(=O)CN(CC)CC(=O)NCc2cccs2)c(=O)[nH]c1=O. The first-order valence-corrected chi connectivity index (χ1v) is 11.6. The van der Waals surface area contributed by atoms with E-state index < -0.39 is 11.2 Å². The van der Waals surface area contributed by atoms with E-state index in [2.05, 4.69) is 10.3 Å². The lowest BCUT2D eigenvalue weighted by atomic mass is 10.3. The molecule has 0 aliphatic carbocycles. The van der Waals surface area contributed by atoms with Gasteiger partial charge in [-0.15, -0.1) is 11.3 Å². The highest BCUT2D eigenvalue weighted by atomic mass is 32.1. The third-order valence-electron chi connectivity index (χ3n) is 5.05. The number of unbranched alkanes of at least 4 members (excludes halogenated alkanes) is 1. The van der Waals surface area contributed by atoms with Gasteiger partial charge in [0.25, 0.3) is 5.56 Å². The Hall–Kier alpha value is -2.92. The number of nitrogens with one attached hydrogen (secondary N) is 2. The van der Waals surface area contributed by atoms with E-state index in [1.165, 1.54) is 9.47 Å². The van der Waals surface area contributed by atoms with Gasteiger partial charge in [-0.2, -0.15) is 0 Å². The summed E-state index contributed by atoms with van der Waals surface area (Å²) >= 11 is 1.56. The topological polar surface area (TPSA) is 134 Å². The molecule has 0 atom stereocenters. The maximum Gasteiger partial charge on any atom is 0.330 e. The Kier molecular flexibility index (Phi) is 9.66. The van der Waals surface area contributed by atoms with Crippen LogP contribution in [0.15, 0.2) is 27.1 Å². The summed E-state index contributed by atoms with van der Waals surface area (Å²) in [6, 6.07) is 3.86. The molecular formula is C21H32N6O4S. The Bertz CT molecular complexity index is 1010. The molecule has 2 aromatic heterocycles. The number of amides is 2. The summed E-state index contributed by atoms with van der Waals surface area (Å²) in [6.07, 6.45) is 1.55. The average molecular weight is 465 g/mol. The largest absolute Gasteiger partial charge is 0.383 e. The van der Waals surface area contributed by atoms with Crippen LogP contribution < -0.4 is 27.2 Å². The second-order valence-corrected chi connectivity index (χ2v) is 8.33. The standard InChI is InChI=1S/C21H32N6O4S/c1-4-7-10-27-19(22)18(20(30)24-21(27)31)26(6-3)17(29)14-25(5-2)13-16(28)23-12-15-9-8-11-32-15/h8-9,11H,4-7,10,12-14,22H2,1-3H3,(H,23,28)(H,24,30,31). The number of carbonyl (C=O) groups is 2. The Labute approximate surface area is 191 Å². The monoisotopic (exact) mass is 464 g/mol. The van der Waals surface area contributed by atoms with Crippen LogP contribution in [0.4, 0.5) is 11.5 Å². The average Bonchev–Trinajstić information content (AvgIpc) is 3.28. The lowest BCUT2D eigenvalue weighted by molar-refractivity contribution is -0.124. The highest BCUT2D eigenvalue weighted by Crippen LogP contribution is 2.17. The summed E-state index contributed by atoms with van der Waals surface area (Å²) in [6.45, 7) is 6.99. The van der Waals surface area contributed by atoms with Crippen molar-refractivity contribution in [1.29, 1.82) is 0 Å². The Balaban J connectivity index is 2.13. The number of hydrogen-bond acceptors (Lipinski definition) is 7. The molecule has 0 aromatic carbocycles. The number of nitrogen functional groups attached to an aromatic ring is 1. The van der Waals surface area contributed by atoms with Crippen LogP contribution in [0.5, 0.6) is 0 Å². The number of aromatic nitrogens is 2. The molecule has 0 aliphatic heterocycles. The van der Waals surface area contributed by atoms with Gasteiger partial charge in [0, 0.05) is 18.0 Å². The predicted molar refractivity (Wildman–Crippen MR) is 127 cm³/mol. The van der Waals surface area contributed by atoms with Crippen LogP contribution in [0.3, 0.4) is 0 Å². The molecule has 10 nitrogen and oxygen atoms in total. The third kappa shape index (κ3) is 6.54. The summed E-state index contributed by atoms with van der Waals surface area (Å²) in [5, 5.41) is 4.78. The quantitative estimate of drug-likeness (QED) is 0.429. The number of thiophene rings is 1. The predicted octanol–water partition coefficient (Wildman–Crippen LogP) is 0.972. The van der Waals surface area contributed by atoms with E-state index >= 15 is 0 Å². The third-order valence-corrected chi connectivity index (χ3v) is 5.93. The first kappa shape index (κ1) is 25.3. The molecule has 0 radical (unpaired) electrons. The normalized spacial score (nSPS) is 11.0. The minimum atomic E-state index is -0.702. The van der Waals surface area contributed by atoms with E-state index in [4.69, 9.17) is 5.73 Å². The fourth-order valence-corrected chi connectivity index (χ4v) is 3.89. The molecule has 11 heteroatoms. The number of carbonyl (C=O) groups excluding carboxylic acids is 2. The maximum atomic E-state index is 13.0. The van der Waals surface area contributed by atoms with Crippen LogP contribution >= 0.6 is 11.3 Å². The molecule has 176 valence electrons. The van der Waals surface area contributed by atoms with Crippen LogP contribution in [0.1, 0.15) is 38.5 Å². The molecule has 0 saturated carbocycles. The lowest BCUT2D eigenvalue weighted by Gasteiger charge is -2.26. The molecular weight excluding hydrogens is 432 g/mol. The van der Waals surface area contributed by atoms with Gasteiger partial charge >= 0.3 is 5.69 Å². The second-order valence-electron chi connectivity index (χ2n) is 7.30. The minimum Gasteiger partial charge on any atom is -0.383 e. The molecule has 2 aromatic rings. The van der Waals surface area contributed by atoms with E-state index in [1.807, 2.05) is 31.4 Å². The smallest absolute Gasteiger partial charge is 0.330 e. The van der Waals surface area contributed by atoms with E-state index in [9.17, 15) is 19.2 Å². The van der Waals surface area contributed by atoms with Gasteiger partial charge in [-0.25, -0.2) is 4.79 Å². The molecule has 2 rings (SSSR count). The van der Waals surface area contributed by atoms with Gasteiger partial charge < -0.3 is 16.0 Å². The van der Waals surface area contributed by atoms with E-state index in [0.29, 0.717) is 26.1 Å². The zero-order valence-corrected chi connectivity index (χ0v) is 19.7. The molecule has 0 spiro atoms. The van der Waals surface area contributed by atoms with Crippen molar-refractivity contribution in [3.63, 3.8) is 0 Å².